The van der Waals surface area contributed by atoms with E-state index < -0.39 is 0 Å². The second kappa shape index (κ2) is 7.34. The highest BCUT2D eigenvalue weighted by atomic mass is 16.7. The minimum absolute atomic E-state index is 0.0403. The normalized spacial score (nSPS) is 20.9. The minimum atomic E-state index is 0.0403. The lowest BCUT2D eigenvalue weighted by Crippen LogP contribution is -2.45. The molecule has 0 spiro atoms. The number of fused-ring (bicyclic) bond motifs is 1. The highest BCUT2D eigenvalue weighted by molar-refractivity contribution is 5.94. The molecule has 0 radical (unpaired) electrons. The first kappa shape index (κ1) is 18.6. The van der Waals surface area contributed by atoms with E-state index in [1.165, 1.54) is 5.56 Å². The van der Waals surface area contributed by atoms with Crippen molar-refractivity contribution in [3.05, 3.63) is 47.7 Å². The number of anilines is 1. The molecule has 148 valence electrons. The molecule has 0 aliphatic carbocycles. The summed E-state index contributed by atoms with van der Waals surface area (Å²) < 4.78 is 10.9. The maximum Gasteiger partial charge on any atom is 0.255 e. The zero-order valence-electron chi connectivity index (χ0n) is 16.8. The number of ether oxygens (including phenoxy) is 2. The number of nitrogens with zero attached hydrogens (tertiary/aromatic N) is 3. The molecule has 0 N–H and O–H groups in total. The number of rotatable bonds is 4. The average molecular weight is 381 g/mol. The van der Waals surface area contributed by atoms with E-state index in [9.17, 15) is 4.79 Å². The second-order valence-corrected chi connectivity index (χ2v) is 8.30. The fourth-order valence-corrected chi connectivity index (χ4v) is 4.14. The summed E-state index contributed by atoms with van der Waals surface area (Å²) >= 11 is 0. The maximum atomic E-state index is 13.0. The molecule has 6 nitrogen and oxygen atoms in total. The molecule has 4 rings (SSSR count). The molecule has 1 amide bonds. The van der Waals surface area contributed by atoms with Gasteiger partial charge in [-0.05, 0) is 54.5 Å². The van der Waals surface area contributed by atoms with E-state index in [4.69, 9.17) is 9.47 Å². The fraction of sp³-hybridized carbons (Fsp3) is 0.455. The van der Waals surface area contributed by atoms with E-state index in [0.29, 0.717) is 12.4 Å². The predicted octanol–water partition coefficient (Wildman–Crippen LogP) is 3.36. The van der Waals surface area contributed by atoms with Gasteiger partial charge in [-0.2, -0.15) is 0 Å². The lowest BCUT2D eigenvalue weighted by Gasteiger charge is -2.40. The Hall–Kier alpha value is -2.76. The van der Waals surface area contributed by atoms with Gasteiger partial charge in [0.25, 0.3) is 5.91 Å². The molecule has 1 aromatic heterocycles. The molecule has 0 saturated carbocycles. The third kappa shape index (κ3) is 3.77. The van der Waals surface area contributed by atoms with Crippen LogP contribution in [0.25, 0.3) is 0 Å². The van der Waals surface area contributed by atoms with Gasteiger partial charge in [-0.1, -0.05) is 13.0 Å². The smallest absolute Gasteiger partial charge is 0.255 e. The average Bonchev–Trinajstić information content (AvgIpc) is 3.15. The second-order valence-electron chi connectivity index (χ2n) is 8.30. The van der Waals surface area contributed by atoms with E-state index in [2.05, 4.69) is 24.0 Å². The predicted molar refractivity (Wildman–Crippen MR) is 108 cm³/mol. The monoisotopic (exact) mass is 381 g/mol. The van der Waals surface area contributed by atoms with Crippen LogP contribution in [0.4, 0.5) is 5.82 Å². The summed E-state index contributed by atoms with van der Waals surface area (Å²) in [7, 11) is 3.88. The summed E-state index contributed by atoms with van der Waals surface area (Å²) in [5, 5.41) is 0. The standard InChI is InChI=1S/C22H27N3O3/c1-22(12-16-5-7-18-19(11-16)28-15-27-18)9-4-10-25(14-22)21(26)17-6-8-20(23-13-17)24(2)3/h5-8,11,13H,4,9-10,12,14-15H2,1-3H3/t22-/m1/s1. The molecule has 1 aromatic carbocycles. The van der Waals surface area contributed by atoms with Crippen LogP contribution in [-0.4, -0.2) is 49.8 Å². The largest absolute Gasteiger partial charge is 0.454 e. The third-order valence-electron chi connectivity index (χ3n) is 5.59. The summed E-state index contributed by atoms with van der Waals surface area (Å²) in [4.78, 5) is 21.3. The third-order valence-corrected chi connectivity index (χ3v) is 5.59. The van der Waals surface area contributed by atoms with Crippen LogP contribution >= 0.6 is 0 Å². The lowest BCUT2D eigenvalue weighted by molar-refractivity contribution is 0.0550. The Labute approximate surface area is 166 Å². The first-order valence-electron chi connectivity index (χ1n) is 9.75. The first-order valence-corrected chi connectivity index (χ1v) is 9.75. The number of likely N-dealkylation sites (tertiary alicyclic amines) is 1. The van der Waals surface area contributed by atoms with Crippen molar-refractivity contribution < 1.29 is 14.3 Å². The first-order chi connectivity index (χ1) is 13.4. The summed E-state index contributed by atoms with van der Waals surface area (Å²) in [6.07, 6.45) is 4.70. The van der Waals surface area contributed by atoms with Gasteiger partial charge in [0.2, 0.25) is 6.79 Å². The van der Waals surface area contributed by atoms with Gasteiger partial charge in [0.05, 0.1) is 5.56 Å². The van der Waals surface area contributed by atoms with Crippen molar-refractivity contribution in [3.8, 4) is 11.5 Å². The van der Waals surface area contributed by atoms with E-state index in [1.54, 1.807) is 6.20 Å². The lowest BCUT2D eigenvalue weighted by atomic mass is 9.76. The molecular formula is C22H27N3O3. The number of aromatic nitrogens is 1. The van der Waals surface area contributed by atoms with Gasteiger partial charge in [0.1, 0.15) is 5.82 Å². The Bertz CT molecular complexity index is 866. The topological polar surface area (TPSA) is 54.9 Å². The Balaban J connectivity index is 1.46. The van der Waals surface area contributed by atoms with E-state index in [1.807, 2.05) is 42.1 Å². The Morgan fingerprint density at radius 3 is 2.79 bits per heavy atom. The molecule has 0 bridgehead atoms. The van der Waals surface area contributed by atoms with Gasteiger partial charge in [-0.25, -0.2) is 4.98 Å². The Kier molecular flexibility index (Phi) is 4.87. The molecular weight excluding hydrogens is 354 g/mol. The van der Waals surface area contributed by atoms with Gasteiger partial charge < -0.3 is 19.3 Å². The molecule has 2 aliphatic rings. The number of carbonyl (C=O) groups is 1. The van der Waals surface area contributed by atoms with Crippen molar-refractivity contribution in [1.82, 2.24) is 9.88 Å². The zero-order valence-corrected chi connectivity index (χ0v) is 16.8. The van der Waals surface area contributed by atoms with Crippen LogP contribution in [0.5, 0.6) is 11.5 Å². The number of pyridine rings is 1. The quantitative estimate of drug-likeness (QED) is 0.813. The molecule has 2 aromatic rings. The van der Waals surface area contributed by atoms with E-state index in [-0.39, 0.29) is 11.3 Å². The van der Waals surface area contributed by atoms with Crippen LogP contribution in [0, 0.1) is 5.41 Å². The van der Waals surface area contributed by atoms with Crippen LogP contribution in [0.3, 0.4) is 0 Å². The van der Waals surface area contributed by atoms with Crippen LogP contribution in [-0.2, 0) is 6.42 Å². The molecule has 1 saturated heterocycles. The van der Waals surface area contributed by atoms with Crippen molar-refractivity contribution >= 4 is 11.7 Å². The van der Waals surface area contributed by atoms with E-state index >= 15 is 0 Å². The summed E-state index contributed by atoms with van der Waals surface area (Å²) in [5.41, 5.74) is 1.91. The summed E-state index contributed by atoms with van der Waals surface area (Å²) in [5.74, 6) is 2.54. The van der Waals surface area contributed by atoms with Gasteiger partial charge >= 0.3 is 0 Å². The molecule has 3 heterocycles. The van der Waals surface area contributed by atoms with Crippen LogP contribution in [0.15, 0.2) is 36.5 Å². The maximum absolute atomic E-state index is 13.0. The highest BCUT2D eigenvalue weighted by Gasteiger charge is 2.34. The SMILES string of the molecule is CN(C)c1ccc(C(=O)N2CCC[C@](C)(Cc3ccc4c(c3)OCO4)C2)cn1. The van der Waals surface area contributed by atoms with Gasteiger partial charge in [0.15, 0.2) is 11.5 Å². The Morgan fingerprint density at radius 2 is 2.04 bits per heavy atom. The summed E-state index contributed by atoms with van der Waals surface area (Å²) in [6.45, 7) is 4.10. The number of amides is 1. The highest BCUT2D eigenvalue weighted by Crippen LogP contribution is 2.37. The Morgan fingerprint density at radius 1 is 1.21 bits per heavy atom. The minimum Gasteiger partial charge on any atom is -0.454 e. The van der Waals surface area contributed by atoms with Gasteiger partial charge in [0, 0.05) is 33.4 Å². The van der Waals surface area contributed by atoms with Crippen molar-refractivity contribution in [2.24, 2.45) is 5.41 Å². The van der Waals surface area contributed by atoms with Crippen molar-refractivity contribution in [3.63, 3.8) is 0 Å². The van der Waals surface area contributed by atoms with E-state index in [0.717, 1.165) is 49.7 Å². The number of hydrogen-bond donors (Lipinski definition) is 0. The zero-order chi connectivity index (χ0) is 19.7. The van der Waals surface area contributed by atoms with Crippen LogP contribution in [0.2, 0.25) is 0 Å². The van der Waals surface area contributed by atoms with Crippen LogP contribution < -0.4 is 14.4 Å². The van der Waals surface area contributed by atoms with Crippen molar-refractivity contribution in [1.29, 1.82) is 0 Å². The molecule has 2 aliphatic heterocycles. The number of piperidine rings is 1. The van der Waals surface area contributed by atoms with Crippen molar-refractivity contribution in [2.45, 2.75) is 26.2 Å². The molecule has 0 unspecified atom stereocenters. The summed E-state index contributed by atoms with van der Waals surface area (Å²) in [6, 6.07) is 9.91. The molecule has 1 fully saturated rings. The van der Waals surface area contributed by atoms with Gasteiger partial charge in [-0.15, -0.1) is 0 Å². The molecule has 28 heavy (non-hydrogen) atoms. The fourth-order valence-electron chi connectivity index (χ4n) is 4.14. The molecule has 6 heteroatoms. The number of carbonyl (C=O) groups excluding carboxylic acids is 1. The van der Waals surface area contributed by atoms with Gasteiger partial charge in [-0.3, -0.25) is 4.79 Å². The number of benzene rings is 1. The molecule has 1 atom stereocenters. The van der Waals surface area contributed by atoms with Crippen LogP contribution in [0.1, 0.15) is 35.7 Å². The number of hydrogen-bond acceptors (Lipinski definition) is 5. The van der Waals surface area contributed by atoms with Crippen molar-refractivity contribution in [2.75, 3.05) is 38.9 Å².